The van der Waals surface area contributed by atoms with Crippen LogP contribution in [-0.2, 0) is 11.3 Å². The smallest absolute Gasteiger partial charge is 0.342 e. The van der Waals surface area contributed by atoms with Crippen LogP contribution in [0.3, 0.4) is 0 Å². The van der Waals surface area contributed by atoms with Gasteiger partial charge in [-0.05, 0) is 39.8 Å². The number of fused-ring (bicyclic) bond motifs is 1. The Balaban J connectivity index is 1.90. The molecule has 0 aromatic carbocycles. The molecular weight excluding hydrogens is 310 g/mol. The minimum absolute atomic E-state index is 0.190. The van der Waals surface area contributed by atoms with Crippen molar-refractivity contribution < 1.29 is 13.9 Å². The lowest BCUT2D eigenvalue weighted by Gasteiger charge is -2.26. The van der Waals surface area contributed by atoms with Crippen LogP contribution in [0, 0.1) is 6.92 Å². The molecule has 3 rings (SSSR count). The fourth-order valence-electron chi connectivity index (χ4n) is 3.18. The quantitative estimate of drug-likeness (QED) is 0.779. The number of hydrogen-bond acceptors (Lipinski definition) is 6. The molecule has 0 saturated carbocycles. The summed E-state index contributed by atoms with van der Waals surface area (Å²) in [5, 5.41) is 0.215. The van der Waals surface area contributed by atoms with Crippen LogP contribution in [0.25, 0.3) is 11.1 Å². The first-order valence-corrected chi connectivity index (χ1v) is 8.49. The van der Waals surface area contributed by atoms with E-state index in [-0.39, 0.29) is 28.8 Å². The molecule has 1 saturated heterocycles. The van der Waals surface area contributed by atoms with Crippen molar-refractivity contribution in [3.8, 4) is 0 Å². The Morgan fingerprint density at radius 1 is 1.29 bits per heavy atom. The molecule has 24 heavy (non-hydrogen) atoms. The van der Waals surface area contributed by atoms with E-state index in [9.17, 15) is 9.59 Å². The van der Waals surface area contributed by atoms with Crippen LogP contribution < -0.4 is 5.56 Å². The second-order valence-corrected chi connectivity index (χ2v) is 6.08. The topological polar surface area (TPSA) is 77.6 Å². The summed E-state index contributed by atoms with van der Waals surface area (Å²) in [6, 6.07) is 0. The molecule has 0 aliphatic carbocycles. The molecule has 0 radical (unpaired) electrons. The van der Waals surface area contributed by atoms with Crippen molar-refractivity contribution in [2.45, 2.75) is 39.7 Å². The van der Waals surface area contributed by atoms with Gasteiger partial charge in [0.2, 0.25) is 5.71 Å². The number of likely N-dealkylation sites (tertiary alicyclic amines) is 1. The minimum atomic E-state index is -0.540. The Labute approximate surface area is 140 Å². The molecule has 1 aliphatic heterocycles. The number of hydrogen-bond donors (Lipinski definition) is 0. The molecule has 2 aromatic heterocycles. The lowest BCUT2D eigenvalue weighted by molar-refractivity contribution is 0.0526. The second kappa shape index (κ2) is 7.17. The summed E-state index contributed by atoms with van der Waals surface area (Å²) in [4.78, 5) is 31.5. The standard InChI is InChI=1S/C17H23N3O4/c1-3-23-17(22)13-12(2)24-15-14(13)16(21)20(11-18-15)10-9-19-7-5-4-6-8-19/h11H,3-10H2,1-2H3. The summed E-state index contributed by atoms with van der Waals surface area (Å²) in [6.45, 7) is 7.12. The number of esters is 1. The molecule has 0 spiro atoms. The number of carbonyl (C=O) groups is 1. The molecule has 0 bridgehead atoms. The van der Waals surface area contributed by atoms with Crippen LogP contribution in [0.4, 0.5) is 0 Å². The second-order valence-electron chi connectivity index (χ2n) is 6.08. The van der Waals surface area contributed by atoms with Crippen LogP contribution in [0.15, 0.2) is 15.5 Å². The highest BCUT2D eigenvalue weighted by Gasteiger charge is 2.24. The highest BCUT2D eigenvalue weighted by Crippen LogP contribution is 2.21. The van der Waals surface area contributed by atoms with Gasteiger partial charge in [-0.15, -0.1) is 0 Å². The van der Waals surface area contributed by atoms with Gasteiger partial charge in [-0.1, -0.05) is 6.42 Å². The number of piperidine rings is 1. The maximum Gasteiger partial charge on any atom is 0.342 e. The summed E-state index contributed by atoms with van der Waals surface area (Å²) in [5.41, 5.74) is 0.128. The maximum atomic E-state index is 12.8. The largest absolute Gasteiger partial charge is 0.462 e. The number of rotatable bonds is 5. The molecule has 2 aromatic rings. The Morgan fingerprint density at radius 3 is 2.75 bits per heavy atom. The highest BCUT2D eigenvalue weighted by molar-refractivity contribution is 6.03. The molecule has 0 atom stereocenters. The van der Waals surface area contributed by atoms with E-state index in [1.165, 1.54) is 25.6 Å². The van der Waals surface area contributed by atoms with Gasteiger partial charge in [0.1, 0.15) is 23.0 Å². The van der Waals surface area contributed by atoms with Gasteiger partial charge in [0.05, 0.1) is 6.61 Å². The van der Waals surface area contributed by atoms with E-state index < -0.39 is 5.97 Å². The predicted molar refractivity (Wildman–Crippen MR) is 89.3 cm³/mol. The fraction of sp³-hybridized carbons (Fsp3) is 0.588. The Hall–Kier alpha value is -2.15. The van der Waals surface area contributed by atoms with Gasteiger partial charge >= 0.3 is 5.97 Å². The summed E-state index contributed by atoms with van der Waals surface area (Å²) < 4.78 is 12.1. The van der Waals surface area contributed by atoms with Crippen LogP contribution in [0.1, 0.15) is 42.3 Å². The zero-order valence-electron chi connectivity index (χ0n) is 14.2. The maximum absolute atomic E-state index is 12.8. The first-order valence-electron chi connectivity index (χ1n) is 8.49. The van der Waals surface area contributed by atoms with Crippen molar-refractivity contribution in [1.82, 2.24) is 14.5 Å². The van der Waals surface area contributed by atoms with Gasteiger partial charge in [-0.25, -0.2) is 9.78 Å². The van der Waals surface area contributed by atoms with E-state index in [0.29, 0.717) is 12.3 Å². The number of aromatic nitrogens is 2. The van der Waals surface area contributed by atoms with Gasteiger partial charge in [-0.3, -0.25) is 9.36 Å². The number of furan rings is 1. The van der Waals surface area contributed by atoms with Crippen LogP contribution in [-0.4, -0.2) is 46.7 Å². The predicted octanol–water partition coefficient (Wildman–Crippen LogP) is 1.96. The first kappa shape index (κ1) is 16.7. The third-order valence-electron chi connectivity index (χ3n) is 4.44. The van der Waals surface area contributed by atoms with Gasteiger partial charge in [-0.2, -0.15) is 0 Å². The van der Waals surface area contributed by atoms with Crippen molar-refractivity contribution >= 4 is 17.1 Å². The van der Waals surface area contributed by atoms with E-state index in [4.69, 9.17) is 9.15 Å². The average molecular weight is 333 g/mol. The average Bonchev–Trinajstić information content (AvgIpc) is 2.92. The zero-order chi connectivity index (χ0) is 17.1. The third kappa shape index (κ3) is 3.21. The third-order valence-corrected chi connectivity index (χ3v) is 4.44. The van der Waals surface area contributed by atoms with E-state index in [1.54, 1.807) is 18.4 Å². The Morgan fingerprint density at radius 2 is 2.04 bits per heavy atom. The Kier molecular flexibility index (Phi) is 4.99. The molecule has 7 nitrogen and oxygen atoms in total. The van der Waals surface area contributed by atoms with Crippen LogP contribution in [0.5, 0.6) is 0 Å². The van der Waals surface area contributed by atoms with Crippen LogP contribution >= 0.6 is 0 Å². The number of aryl methyl sites for hydroxylation is 1. The Bertz CT molecular complexity index is 787. The molecule has 1 aliphatic rings. The SMILES string of the molecule is CCOC(=O)c1c(C)oc2ncn(CCN3CCCCC3)c(=O)c12. The minimum Gasteiger partial charge on any atom is -0.462 e. The van der Waals surface area contributed by atoms with Crippen molar-refractivity contribution in [2.24, 2.45) is 0 Å². The van der Waals surface area contributed by atoms with Gasteiger partial charge in [0.25, 0.3) is 5.56 Å². The number of nitrogens with zero attached hydrogens (tertiary/aromatic N) is 3. The molecule has 130 valence electrons. The summed E-state index contributed by atoms with van der Waals surface area (Å²) in [6.07, 6.45) is 5.19. The van der Waals surface area contributed by atoms with Crippen LogP contribution in [0.2, 0.25) is 0 Å². The summed E-state index contributed by atoms with van der Waals surface area (Å²) in [7, 11) is 0. The molecule has 7 heteroatoms. The summed E-state index contributed by atoms with van der Waals surface area (Å²) in [5.74, 6) is -0.178. The van der Waals surface area contributed by atoms with Crippen molar-refractivity contribution in [3.05, 3.63) is 28.0 Å². The monoisotopic (exact) mass is 333 g/mol. The van der Waals surface area contributed by atoms with E-state index in [1.807, 2.05) is 0 Å². The fourth-order valence-corrected chi connectivity index (χ4v) is 3.18. The van der Waals surface area contributed by atoms with Gasteiger partial charge < -0.3 is 14.1 Å². The van der Waals surface area contributed by atoms with Crippen molar-refractivity contribution in [2.75, 3.05) is 26.2 Å². The molecule has 0 unspecified atom stereocenters. The lowest BCUT2D eigenvalue weighted by Crippen LogP contribution is -2.34. The number of carbonyl (C=O) groups excluding carboxylic acids is 1. The molecule has 1 fully saturated rings. The van der Waals surface area contributed by atoms with Gasteiger partial charge in [0, 0.05) is 13.1 Å². The lowest BCUT2D eigenvalue weighted by atomic mass is 10.1. The first-order chi connectivity index (χ1) is 11.6. The normalized spacial score (nSPS) is 15.8. The van der Waals surface area contributed by atoms with Crippen molar-refractivity contribution in [1.29, 1.82) is 0 Å². The highest BCUT2D eigenvalue weighted by atomic mass is 16.5. The zero-order valence-corrected chi connectivity index (χ0v) is 14.2. The molecular formula is C17H23N3O4. The van der Waals surface area contributed by atoms with Crippen molar-refractivity contribution in [3.63, 3.8) is 0 Å². The van der Waals surface area contributed by atoms with E-state index in [0.717, 1.165) is 19.6 Å². The molecule has 3 heterocycles. The molecule has 0 N–H and O–H groups in total. The van der Waals surface area contributed by atoms with E-state index >= 15 is 0 Å². The van der Waals surface area contributed by atoms with Gasteiger partial charge in [0.15, 0.2) is 0 Å². The molecule has 0 amide bonds. The summed E-state index contributed by atoms with van der Waals surface area (Å²) >= 11 is 0. The van der Waals surface area contributed by atoms with E-state index in [2.05, 4.69) is 9.88 Å². The number of ether oxygens (including phenoxy) is 1.